The van der Waals surface area contributed by atoms with Gasteiger partial charge in [-0.15, -0.1) is 0 Å². The SMILES string of the molecule is CC.COc1ccc(N=C2S/C(=C\c3ccc(-c4cccc(OC)c4)cc3)C(=O)N2C)cc1. The number of thioether (sulfide) groups is 1. The third kappa shape index (κ3) is 5.84. The first-order valence-corrected chi connectivity index (χ1v) is 11.5. The highest BCUT2D eigenvalue weighted by Crippen LogP contribution is 2.34. The molecule has 3 aromatic rings. The predicted octanol–water partition coefficient (Wildman–Crippen LogP) is 6.63. The van der Waals surface area contributed by atoms with Crippen LogP contribution in [-0.2, 0) is 4.79 Å². The Labute approximate surface area is 199 Å². The van der Waals surface area contributed by atoms with Crippen molar-refractivity contribution in [3.8, 4) is 22.6 Å². The minimum atomic E-state index is -0.0610. The fourth-order valence-electron chi connectivity index (χ4n) is 3.14. The van der Waals surface area contributed by atoms with Crippen molar-refractivity contribution in [3.05, 3.63) is 83.3 Å². The summed E-state index contributed by atoms with van der Waals surface area (Å²) >= 11 is 1.37. The summed E-state index contributed by atoms with van der Waals surface area (Å²) in [5.74, 6) is 1.53. The fraction of sp³-hybridized carbons (Fsp3) is 0.185. The van der Waals surface area contributed by atoms with Gasteiger partial charge in [-0.1, -0.05) is 50.2 Å². The molecule has 0 spiro atoms. The standard InChI is InChI=1S/C25H22N2O3S.C2H6/c1-27-24(28)23(31-25(27)26-20-11-13-21(29-2)14-12-20)15-17-7-9-18(10-8-17)19-5-4-6-22(16-19)30-3;1-2/h4-16H,1-3H3;1-2H3/b23-15-,26-25?;. The number of hydrogen-bond acceptors (Lipinski definition) is 5. The molecule has 0 N–H and O–H groups in total. The van der Waals surface area contributed by atoms with Gasteiger partial charge in [-0.25, -0.2) is 4.99 Å². The molecule has 0 saturated carbocycles. The van der Waals surface area contributed by atoms with Gasteiger partial charge in [0.25, 0.3) is 5.91 Å². The molecule has 6 heteroatoms. The number of carbonyl (C=O) groups is 1. The van der Waals surface area contributed by atoms with E-state index in [1.54, 1.807) is 26.2 Å². The minimum Gasteiger partial charge on any atom is -0.497 e. The Morgan fingerprint density at radius 2 is 1.52 bits per heavy atom. The maximum Gasteiger partial charge on any atom is 0.266 e. The molecule has 0 radical (unpaired) electrons. The van der Waals surface area contributed by atoms with E-state index in [1.807, 2.05) is 92.7 Å². The van der Waals surface area contributed by atoms with E-state index in [1.165, 1.54) is 11.8 Å². The van der Waals surface area contributed by atoms with Crippen LogP contribution < -0.4 is 9.47 Å². The molecule has 5 nitrogen and oxygen atoms in total. The summed E-state index contributed by atoms with van der Waals surface area (Å²) in [5, 5.41) is 0.648. The highest BCUT2D eigenvalue weighted by molar-refractivity contribution is 8.18. The first kappa shape index (κ1) is 24.1. The monoisotopic (exact) mass is 460 g/mol. The molecule has 0 unspecified atom stereocenters. The van der Waals surface area contributed by atoms with E-state index in [9.17, 15) is 4.79 Å². The molecular weight excluding hydrogens is 432 g/mol. The molecule has 0 atom stereocenters. The number of rotatable bonds is 5. The normalized spacial score (nSPS) is 15.4. The van der Waals surface area contributed by atoms with Gasteiger partial charge in [-0.2, -0.15) is 0 Å². The number of ether oxygens (including phenoxy) is 2. The zero-order valence-electron chi connectivity index (χ0n) is 19.5. The van der Waals surface area contributed by atoms with Crippen LogP contribution >= 0.6 is 11.8 Å². The largest absolute Gasteiger partial charge is 0.497 e. The zero-order valence-corrected chi connectivity index (χ0v) is 20.3. The van der Waals surface area contributed by atoms with E-state index >= 15 is 0 Å². The molecule has 170 valence electrons. The molecule has 1 amide bonds. The average molecular weight is 461 g/mol. The van der Waals surface area contributed by atoms with Gasteiger partial charge in [0.1, 0.15) is 11.5 Å². The molecule has 0 bridgehead atoms. The fourth-order valence-corrected chi connectivity index (χ4v) is 4.13. The number of amides is 1. The van der Waals surface area contributed by atoms with E-state index < -0.39 is 0 Å². The summed E-state index contributed by atoms with van der Waals surface area (Å²) in [6.45, 7) is 4.00. The van der Waals surface area contributed by atoms with Crippen LogP contribution in [0.1, 0.15) is 19.4 Å². The van der Waals surface area contributed by atoms with E-state index in [-0.39, 0.29) is 5.91 Å². The lowest BCUT2D eigenvalue weighted by atomic mass is 10.0. The molecule has 1 aliphatic heterocycles. The van der Waals surface area contributed by atoms with Crippen molar-refractivity contribution < 1.29 is 14.3 Å². The zero-order chi connectivity index (χ0) is 23.8. The summed E-state index contributed by atoms with van der Waals surface area (Å²) in [6, 6.07) is 23.5. The summed E-state index contributed by atoms with van der Waals surface area (Å²) in [4.78, 5) is 19.5. The molecule has 1 aliphatic rings. The summed E-state index contributed by atoms with van der Waals surface area (Å²) < 4.78 is 10.5. The Morgan fingerprint density at radius 3 is 2.15 bits per heavy atom. The quantitative estimate of drug-likeness (QED) is 0.401. The lowest BCUT2D eigenvalue weighted by molar-refractivity contribution is -0.121. The Bertz CT molecular complexity index is 1150. The van der Waals surface area contributed by atoms with Crippen LogP contribution in [0.3, 0.4) is 0 Å². The van der Waals surface area contributed by atoms with Crippen molar-refractivity contribution in [1.29, 1.82) is 0 Å². The van der Waals surface area contributed by atoms with Crippen molar-refractivity contribution >= 4 is 34.6 Å². The molecule has 1 saturated heterocycles. The van der Waals surface area contributed by atoms with Crippen molar-refractivity contribution in [2.75, 3.05) is 21.3 Å². The number of benzene rings is 3. The third-order valence-electron chi connectivity index (χ3n) is 4.91. The van der Waals surface area contributed by atoms with Gasteiger partial charge in [0.2, 0.25) is 0 Å². The number of amidine groups is 1. The maximum atomic E-state index is 12.7. The van der Waals surface area contributed by atoms with Crippen molar-refractivity contribution in [3.63, 3.8) is 0 Å². The van der Waals surface area contributed by atoms with Gasteiger partial charge in [0, 0.05) is 7.05 Å². The van der Waals surface area contributed by atoms with Gasteiger partial charge in [-0.05, 0) is 70.9 Å². The second-order valence-corrected chi connectivity index (χ2v) is 7.93. The molecule has 4 rings (SSSR count). The van der Waals surface area contributed by atoms with Crippen LogP contribution in [0.4, 0.5) is 5.69 Å². The number of likely N-dealkylation sites (N-methyl/N-ethyl adjacent to an activating group) is 1. The Morgan fingerprint density at radius 1 is 0.848 bits per heavy atom. The number of carbonyl (C=O) groups excluding carboxylic acids is 1. The lowest BCUT2D eigenvalue weighted by Gasteiger charge is -2.07. The Balaban J connectivity index is 0.00000149. The van der Waals surface area contributed by atoms with E-state index in [2.05, 4.69) is 4.99 Å². The van der Waals surface area contributed by atoms with Crippen LogP contribution in [0.2, 0.25) is 0 Å². The molecular formula is C27H28N2O3S. The van der Waals surface area contributed by atoms with E-state index in [0.29, 0.717) is 10.1 Å². The van der Waals surface area contributed by atoms with Crippen molar-refractivity contribution in [2.24, 2.45) is 4.99 Å². The lowest BCUT2D eigenvalue weighted by Crippen LogP contribution is -2.23. The minimum absolute atomic E-state index is 0.0610. The van der Waals surface area contributed by atoms with Gasteiger partial charge < -0.3 is 9.47 Å². The topological polar surface area (TPSA) is 51.1 Å². The van der Waals surface area contributed by atoms with Gasteiger partial charge in [0.15, 0.2) is 5.17 Å². The number of methoxy groups -OCH3 is 2. The smallest absolute Gasteiger partial charge is 0.266 e. The van der Waals surface area contributed by atoms with Gasteiger partial charge in [0.05, 0.1) is 24.8 Å². The van der Waals surface area contributed by atoms with Crippen LogP contribution in [-0.4, -0.2) is 37.2 Å². The van der Waals surface area contributed by atoms with E-state index in [4.69, 9.17) is 9.47 Å². The average Bonchev–Trinajstić information content (AvgIpc) is 3.13. The molecule has 1 fully saturated rings. The van der Waals surface area contributed by atoms with Crippen LogP contribution in [0.5, 0.6) is 11.5 Å². The maximum absolute atomic E-state index is 12.7. The summed E-state index contributed by atoms with van der Waals surface area (Å²) in [5.41, 5.74) is 3.90. The van der Waals surface area contributed by atoms with Crippen LogP contribution in [0.25, 0.3) is 17.2 Å². The Hall–Kier alpha value is -3.51. The van der Waals surface area contributed by atoms with Crippen LogP contribution in [0, 0.1) is 0 Å². The number of nitrogens with zero attached hydrogens (tertiary/aromatic N) is 2. The Kier molecular flexibility index (Phi) is 8.33. The molecule has 1 heterocycles. The first-order chi connectivity index (χ1) is 16.1. The summed E-state index contributed by atoms with van der Waals surface area (Å²) in [6.07, 6.45) is 1.90. The van der Waals surface area contributed by atoms with Gasteiger partial charge >= 0.3 is 0 Å². The predicted molar refractivity (Wildman–Crippen MR) is 138 cm³/mol. The van der Waals surface area contributed by atoms with E-state index in [0.717, 1.165) is 33.9 Å². The molecule has 33 heavy (non-hydrogen) atoms. The van der Waals surface area contributed by atoms with Crippen LogP contribution in [0.15, 0.2) is 82.7 Å². The molecule has 0 aromatic heterocycles. The first-order valence-electron chi connectivity index (χ1n) is 10.7. The van der Waals surface area contributed by atoms with Gasteiger partial charge in [-0.3, -0.25) is 9.69 Å². The van der Waals surface area contributed by atoms with Crippen molar-refractivity contribution in [2.45, 2.75) is 13.8 Å². The second kappa shape index (κ2) is 11.4. The molecule has 3 aromatic carbocycles. The second-order valence-electron chi connectivity index (χ2n) is 6.92. The molecule has 0 aliphatic carbocycles. The highest BCUT2D eigenvalue weighted by atomic mass is 32.2. The highest BCUT2D eigenvalue weighted by Gasteiger charge is 2.30. The summed E-state index contributed by atoms with van der Waals surface area (Å²) in [7, 11) is 5.03. The number of hydrogen-bond donors (Lipinski definition) is 0. The van der Waals surface area contributed by atoms with Crippen molar-refractivity contribution in [1.82, 2.24) is 4.90 Å². The number of aliphatic imine (C=N–C) groups is 1. The third-order valence-corrected chi connectivity index (χ3v) is 5.97.